The number of benzene rings is 1. The number of hydrogen-bond acceptors (Lipinski definition) is 3. The first-order valence-corrected chi connectivity index (χ1v) is 7.68. The SMILES string of the molecule is Cc1ccc(-c2cn[nH]c2[C@@H]2CCCN(CC(=O)O)C2)cc1. The van der Waals surface area contributed by atoms with Gasteiger partial charge in [0.15, 0.2) is 0 Å². The van der Waals surface area contributed by atoms with Crippen molar-refractivity contribution in [2.75, 3.05) is 19.6 Å². The average molecular weight is 299 g/mol. The van der Waals surface area contributed by atoms with Crippen LogP contribution in [0.2, 0.25) is 0 Å². The number of carboxylic acid groups (broad SMARTS) is 1. The van der Waals surface area contributed by atoms with Gasteiger partial charge in [-0.2, -0.15) is 5.10 Å². The Bertz CT molecular complexity index is 648. The third kappa shape index (κ3) is 3.20. The summed E-state index contributed by atoms with van der Waals surface area (Å²) in [6, 6.07) is 8.43. The smallest absolute Gasteiger partial charge is 0.317 e. The predicted molar refractivity (Wildman–Crippen MR) is 84.8 cm³/mol. The van der Waals surface area contributed by atoms with Crippen molar-refractivity contribution in [1.82, 2.24) is 15.1 Å². The summed E-state index contributed by atoms with van der Waals surface area (Å²) in [6.07, 6.45) is 3.96. The quantitative estimate of drug-likeness (QED) is 0.910. The molecule has 1 aromatic carbocycles. The number of H-pyrrole nitrogens is 1. The van der Waals surface area contributed by atoms with Crippen molar-refractivity contribution in [2.45, 2.75) is 25.7 Å². The first kappa shape index (κ1) is 14.8. The summed E-state index contributed by atoms with van der Waals surface area (Å²) in [5.41, 5.74) is 4.64. The van der Waals surface area contributed by atoms with Crippen LogP contribution in [-0.4, -0.2) is 45.8 Å². The standard InChI is InChI=1S/C17H21N3O2/c1-12-4-6-13(7-5-12)15-9-18-19-17(15)14-3-2-8-20(10-14)11-16(21)22/h4-7,9,14H,2-3,8,10-11H2,1H3,(H,18,19)(H,21,22)/t14-/m1/s1. The molecule has 2 heterocycles. The summed E-state index contributed by atoms with van der Waals surface area (Å²) in [5.74, 6) is -0.448. The second kappa shape index (κ2) is 6.32. The number of carbonyl (C=O) groups is 1. The molecule has 22 heavy (non-hydrogen) atoms. The van der Waals surface area contributed by atoms with Crippen LogP contribution in [0.4, 0.5) is 0 Å². The average Bonchev–Trinajstić information content (AvgIpc) is 2.97. The van der Waals surface area contributed by atoms with E-state index in [-0.39, 0.29) is 6.54 Å². The molecule has 0 saturated carbocycles. The van der Waals surface area contributed by atoms with E-state index in [0.717, 1.165) is 42.8 Å². The minimum atomic E-state index is -0.760. The fourth-order valence-corrected chi connectivity index (χ4v) is 3.20. The van der Waals surface area contributed by atoms with Gasteiger partial charge in [-0.05, 0) is 31.9 Å². The zero-order valence-corrected chi connectivity index (χ0v) is 12.7. The number of aromatic amines is 1. The Kier molecular flexibility index (Phi) is 4.24. The number of nitrogens with zero attached hydrogens (tertiary/aromatic N) is 2. The Morgan fingerprint density at radius 3 is 2.91 bits per heavy atom. The molecule has 2 N–H and O–H groups in total. The molecule has 1 aromatic heterocycles. The van der Waals surface area contributed by atoms with E-state index in [4.69, 9.17) is 5.11 Å². The number of nitrogens with one attached hydrogen (secondary N) is 1. The Hall–Kier alpha value is -2.14. The van der Waals surface area contributed by atoms with E-state index in [1.807, 2.05) is 11.1 Å². The zero-order chi connectivity index (χ0) is 15.5. The van der Waals surface area contributed by atoms with Crippen molar-refractivity contribution in [1.29, 1.82) is 0 Å². The molecule has 0 unspecified atom stereocenters. The Balaban J connectivity index is 1.82. The van der Waals surface area contributed by atoms with Gasteiger partial charge >= 0.3 is 5.97 Å². The Morgan fingerprint density at radius 2 is 2.18 bits per heavy atom. The van der Waals surface area contributed by atoms with Gasteiger partial charge in [0.2, 0.25) is 0 Å². The van der Waals surface area contributed by atoms with E-state index < -0.39 is 5.97 Å². The lowest BCUT2D eigenvalue weighted by molar-refractivity contribution is -0.138. The van der Waals surface area contributed by atoms with E-state index in [2.05, 4.69) is 41.4 Å². The van der Waals surface area contributed by atoms with Crippen LogP contribution in [0.1, 0.15) is 30.0 Å². The monoisotopic (exact) mass is 299 g/mol. The van der Waals surface area contributed by atoms with Gasteiger partial charge in [0.05, 0.1) is 12.7 Å². The highest BCUT2D eigenvalue weighted by Crippen LogP contribution is 2.32. The molecule has 0 radical (unpaired) electrons. The molecule has 5 nitrogen and oxygen atoms in total. The van der Waals surface area contributed by atoms with Crippen LogP contribution in [0.3, 0.4) is 0 Å². The first-order chi connectivity index (χ1) is 10.6. The summed E-state index contributed by atoms with van der Waals surface area (Å²) in [6.45, 7) is 3.82. The van der Waals surface area contributed by atoms with Gasteiger partial charge in [-0.25, -0.2) is 0 Å². The second-order valence-corrected chi connectivity index (χ2v) is 6.03. The lowest BCUT2D eigenvalue weighted by Crippen LogP contribution is -2.38. The van der Waals surface area contributed by atoms with Crippen molar-refractivity contribution in [3.05, 3.63) is 41.7 Å². The predicted octanol–water partition coefficient (Wildman–Crippen LogP) is 2.65. The van der Waals surface area contributed by atoms with Crippen LogP contribution in [0, 0.1) is 6.92 Å². The van der Waals surface area contributed by atoms with Crippen LogP contribution >= 0.6 is 0 Å². The van der Waals surface area contributed by atoms with Gasteiger partial charge < -0.3 is 5.11 Å². The summed E-state index contributed by atoms with van der Waals surface area (Å²) >= 11 is 0. The molecule has 3 rings (SSSR count). The highest BCUT2D eigenvalue weighted by molar-refractivity contribution is 5.69. The highest BCUT2D eigenvalue weighted by Gasteiger charge is 2.26. The number of likely N-dealkylation sites (tertiary alicyclic amines) is 1. The molecule has 5 heteroatoms. The van der Waals surface area contributed by atoms with Gasteiger partial charge in [-0.1, -0.05) is 29.8 Å². The third-order valence-electron chi connectivity index (χ3n) is 4.30. The largest absolute Gasteiger partial charge is 0.480 e. The Labute approximate surface area is 130 Å². The van der Waals surface area contributed by atoms with Crippen molar-refractivity contribution in [2.24, 2.45) is 0 Å². The summed E-state index contributed by atoms with van der Waals surface area (Å²) in [7, 11) is 0. The molecule has 1 saturated heterocycles. The van der Waals surface area contributed by atoms with E-state index in [1.165, 1.54) is 5.56 Å². The van der Waals surface area contributed by atoms with E-state index in [9.17, 15) is 4.79 Å². The maximum Gasteiger partial charge on any atom is 0.317 e. The molecule has 0 amide bonds. The lowest BCUT2D eigenvalue weighted by Gasteiger charge is -2.31. The number of rotatable bonds is 4. The highest BCUT2D eigenvalue weighted by atomic mass is 16.4. The number of aromatic nitrogens is 2. The maximum absolute atomic E-state index is 10.9. The lowest BCUT2D eigenvalue weighted by atomic mass is 9.90. The molecule has 0 aliphatic carbocycles. The maximum atomic E-state index is 10.9. The normalized spacial score (nSPS) is 19.2. The van der Waals surface area contributed by atoms with Crippen LogP contribution in [0.5, 0.6) is 0 Å². The molecule has 1 aliphatic heterocycles. The van der Waals surface area contributed by atoms with E-state index >= 15 is 0 Å². The van der Waals surface area contributed by atoms with Gasteiger partial charge in [0, 0.05) is 23.7 Å². The molecule has 0 bridgehead atoms. The third-order valence-corrected chi connectivity index (χ3v) is 4.30. The first-order valence-electron chi connectivity index (χ1n) is 7.68. The number of carboxylic acids is 1. The molecule has 1 atom stereocenters. The minimum Gasteiger partial charge on any atom is -0.480 e. The summed E-state index contributed by atoms with van der Waals surface area (Å²) in [4.78, 5) is 12.9. The number of aliphatic carboxylic acids is 1. The number of aryl methyl sites for hydroxylation is 1. The van der Waals surface area contributed by atoms with Crippen LogP contribution in [-0.2, 0) is 4.79 Å². The van der Waals surface area contributed by atoms with Crippen molar-refractivity contribution in [3.63, 3.8) is 0 Å². The van der Waals surface area contributed by atoms with Crippen molar-refractivity contribution >= 4 is 5.97 Å². The van der Waals surface area contributed by atoms with Crippen LogP contribution < -0.4 is 0 Å². The van der Waals surface area contributed by atoms with Gasteiger partial charge in [0.25, 0.3) is 0 Å². The van der Waals surface area contributed by atoms with Gasteiger partial charge in [0.1, 0.15) is 0 Å². The van der Waals surface area contributed by atoms with Gasteiger partial charge in [-0.15, -0.1) is 0 Å². The van der Waals surface area contributed by atoms with Crippen LogP contribution in [0.15, 0.2) is 30.5 Å². The zero-order valence-electron chi connectivity index (χ0n) is 12.7. The molecule has 2 aromatic rings. The van der Waals surface area contributed by atoms with E-state index in [1.54, 1.807) is 0 Å². The molecular weight excluding hydrogens is 278 g/mol. The molecular formula is C17H21N3O2. The number of hydrogen-bond donors (Lipinski definition) is 2. The van der Waals surface area contributed by atoms with Crippen LogP contribution in [0.25, 0.3) is 11.1 Å². The minimum absolute atomic E-state index is 0.116. The van der Waals surface area contributed by atoms with Crippen molar-refractivity contribution < 1.29 is 9.90 Å². The fourth-order valence-electron chi connectivity index (χ4n) is 3.20. The topological polar surface area (TPSA) is 69.2 Å². The van der Waals surface area contributed by atoms with E-state index in [0.29, 0.717) is 5.92 Å². The molecule has 1 fully saturated rings. The van der Waals surface area contributed by atoms with Gasteiger partial charge in [-0.3, -0.25) is 14.8 Å². The molecule has 0 spiro atoms. The summed E-state index contributed by atoms with van der Waals surface area (Å²) < 4.78 is 0. The molecule has 1 aliphatic rings. The Morgan fingerprint density at radius 1 is 1.41 bits per heavy atom. The molecule has 116 valence electrons. The fraction of sp³-hybridized carbons (Fsp3) is 0.412. The summed E-state index contributed by atoms with van der Waals surface area (Å²) in [5, 5.41) is 16.3. The van der Waals surface area contributed by atoms with Crippen molar-refractivity contribution in [3.8, 4) is 11.1 Å². The number of piperidine rings is 1. The second-order valence-electron chi connectivity index (χ2n) is 6.03.